The number of carbonyl (C=O) groups is 2. The second-order valence-corrected chi connectivity index (χ2v) is 3.90. The molecule has 0 radical (unpaired) electrons. The summed E-state index contributed by atoms with van der Waals surface area (Å²) in [6, 6.07) is 9.51. The van der Waals surface area contributed by atoms with Crippen molar-refractivity contribution in [3.8, 4) is 0 Å². The molecule has 0 unspecified atom stereocenters. The van der Waals surface area contributed by atoms with Crippen molar-refractivity contribution < 1.29 is 14.7 Å². The van der Waals surface area contributed by atoms with E-state index in [9.17, 15) is 9.59 Å². The first kappa shape index (κ1) is 14.8. The molecule has 1 fully saturated rings. The average Bonchev–Trinajstić information content (AvgIpc) is 2.30. The van der Waals surface area contributed by atoms with E-state index in [0.29, 0.717) is 19.1 Å². The van der Waals surface area contributed by atoms with Crippen LogP contribution in [-0.2, 0) is 9.59 Å². The molecule has 1 aromatic carbocycles. The van der Waals surface area contributed by atoms with Gasteiger partial charge in [0.05, 0.1) is 11.8 Å². The molecule has 1 N–H and O–H groups in total. The standard InChI is InChI=1S/C13H12O3.K.H/c14-8-11-12(15)6-10(7-13(11)16)9-4-2-1-3-5-9;;/h1-5,8,10,14H,6-7H2;;. The van der Waals surface area contributed by atoms with Gasteiger partial charge < -0.3 is 5.11 Å². The topological polar surface area (TPSA) is 54.4 Å². The van der Waals surface area contributed by atoms with E-state index in [2.05, 4.69) is 0 Å². The van der Waals surface area contributed by atoms with Crippen LogP contribution in [0.3, 0.4) is 0 Å². The van der Waals surface area contributed by atoms with Gasteiger partial charge in [-0.05, 0) is 11.5 Å². The predicted molar refractivity (Wildman–Crippen MR) is 66.3 cm³/mol. The number of Topliss-reactive ketones (excluding diaryl/α,β-unsaturated/α-hetero) is 2. The van der Waals surface area contributed by atoms with Crippen LogP contribution in [0.4, 0.5) is 0 Å². The van der Waals surface area contributed by atoms with E-state index in [1.165, 1.54) is 0 Å². The van der Waals surface area contributed by atoms with E-state index in [0.717, 1.165) is 5.56 Å². The van der Waals surface area contributed by atoms with Crippen molar-refractivity contribution in [2.75, 3.05) is 0 Å². The van der Waals surface area contributed by atoms with Crippen molar-refractivity contribution in [3.63, 3.8) is 0 Å². The molecule has 0 amide bonds. The summed E-state index contributed by atoms with van der Waals surface area (Å²) in [5.41, 5.74) is 0.938. The average molecular weight is 256 g/mol. The van der Waals surface area contributed by atoms with Gasteiger partial charge in [-0.1, -0.05) is 30.3 Å². The molecule has 0 atom stereocenters. The van der Waals surface area contributed by atoms with E-state index >= 15 is 0 Å². The number of aliphatic hydroxyl groups excluding tert-OH is 1. The fraction of sp³-hybridized carbons (Fsp3) is 0.231. The maximum absolute atomic E-state index is 11.6. The second kappa shape index (κ2) is 6.61. The Labute approximate surface area is 142 Å². The molecule has 3 nitrogen and oxygen atoms in total. The number of carbonyl (C=O) groups excluding carboxylic acids is 2. The molecule has 0 aromatic heterocycles. The SMILES string of the molecule is O=C1CC(c2ccccc2)CC(=O)C1=CO.[KH]. The number of hydrogen-bond acceptors (Lipinski definition) is 3. The zero-order valence-corrected chi connectivity index (χ0v) is 8.72. The van der Waals surface area contributed by atoms with Gasteiger partial charge in [0.25, 0.3) is 0 Å². The van der Waals surface area contributed by atoms with E-state index in [1.807, 2.05) is 30.3 Å². The molecule has 84 valence electrons. The minimum absolute atomic E-state index is 0. The van der Waals surface area contributed by atoms with Crippen LogP contribution in [0, 0.1) is 0 Å². The van der Waals surface area contributed by atoms with Crippen molar-refractivity contribution in [2.45, 2.75) is 18.8 Å². The summed E-state index contributed by atoms with van der Waals surface area (Å²) in [7, 11) is 0. The van der Waals surface area contributed by atoms with Gasteiger partial charge in [-0.15, -0.1) is 0 Å². The Bertz CT molecular complexity index is 431. The van der Waals surface area contributed by atoms with Crippen molar-refractivity contribution in [2.24, 2.45) is 0 Å². The summed E-state index contributed by atoms with van der Waals surface area (Å²) in [4.78, 5) is 23.1. The molecule has 0 spiro atoms. The monoisotopic (exact) mass is 256 g/mol. The molecule has 0 bridgehead atoms. The first-order chi connectivity index (χ1) is 7.72. The number of benzene rings is 1. The molecular weight excluding hydrogens is 243 g/mol. The van der Waals surface area contributed by atoms with Gasteiger partial charge in [0, 0.05) is 12.8 Å². The number of aliphatic hydroxyl groups is 1. The van der Waals surface area contributed by atoms with E-state index < -0.39 is 0 Å². The minimum atomic E-state index is -0.271. The third-order valence-electron chi connectivity index (χ3n) is 2.86. The van der Waals surface area contributed by atoms with E-state index in [-0.39, 0.29) is 74.4 Å². The molecule has 0 saturated heterocycles. The number of hydrogen-bond donors (Lipinski definition) is 1. The van der Waals surface area contributed by atoms with E-state index in [4.69, 9.17) is 5.11 Å². The molecule has 0 heterocycles. The Morgan fingerprint density at radius 3 is 2.06 bits per heavy atom. The Balaban J connectivity index is 0.00000144. The zero-order valence-electron chi connectivity index (χ0n) is 8.72. The van der Waals surface area contributed by atoms with Crippen molar-refractivity contribution in [1.29, 1.82) is 0 Å². The van der Waals surface area contributed by atoms with E-state index in [1.54, 1.807) is 0 Å². The zero-order chi connectivity index (χ0) is 11.5. The Morgan fingerprint density at radius 2 is 1.59 bits per heavy atom. The third-order valence-corrected chi connectivity index (χ3v) is 2.86. The molecular formula is C13H13KO3. The number of rotatable bonds is 1. The predicted octanol–water partition coefficient (Wildman–Crippen LogP) is 1.50. The van der Waals surface area contributed by atoms with Crippen LogP contribution >= 0.6 is 0 Å². The maximum atomic E-state index is 11.6. The third kappa shape index (κ3) is 3.36. The number of allylic oxidation sites excluding steroid dienone is 1. The molecule has 4 heteroatoms. The van der Waals surface area contributed by atoms with Gasteiger partial charge in [0.2, 0.25) is 0 Å². The first-order valence-electron chi connectivity index (χ1n) is 5.18. The molecule has 1 aliphatic rings. The summed E-state index contributed by atoms with van der Waals surface area (Å²) in [6.45, 7) is 0. The van der Waals surface area contributed by atoms with Crippen LogP contribution in [0.5, 0.6) is 0 Å². The fourth-order valence-corrected chi connectivity index (χ4v) is 2.00. The van der Waals surface area contributed by atoms with Crippen LogP contribution in [0.15, 0.2) is 42.2 Å². The first-order valence-corrected chi connectivity index (χ1v) is 5.18. The molecule has 2 rings (SSSR count). The molecule has 0 aliphatic heterocycles. The van der Waals surface area contributed by atoms with Gasteiger partial charge in [-0.25, -0.2) is 0 Å². The summed E-state index contributed by atoms with van der Waals surface area (Å²) >= 11 is 0. The summed E-state index contributed by atoms with van der Waals surface area (Å²) in [5.74, 6) is -0.592. The summed E-state index contributed by atoms with van der Waals surface area (Å²) in [6.07, 6.45) is 1.22. The van der Waals surface area contributed by atoms with Crippen LogP contribution in [0.1, 0.15) is 24.3 Å². The van der Waals surface area contributed by atoms with Crippen LogP contribution in [0.25, 0.3) is 0 Å². The van der Waals surface area contributed by atoms with Crippen LogP contribution in [-0.4, -0.2) is 68.1 Å². The molecule has 17 heavy (non-hydrogen) atoms. The van der Waals surface area contributed by atoms with Gasteiger partial charge in [0.15, 0.2) is 11.6 Å². The van der Waals surface area contributed by atoms with Crippen molar-refractivity contribution in [1.82, 2.24) is 0 Å². The van der Waals surface area contributed by atoms with Gasteiger partial charge in [0.1, 0.15) is 0 Å². The number of ketones is 2. The quantitative estimate of drug-likeness (QED) is 0.358. The molecule has 1 saturated carbocycles. The molecule has 1 aliphatic carbocycles. The fourth-order valence-electron chi connectivity index (χ4n) is 2.00. The second-order valence-electron chi connectivity index (χ2n) is 3.90. The van der Waals surface area contributed by atoms with Crippen molar-refractivity contribution >= 4 is 63.0 Å². The summed E-state index contributed by atoms with van der Waals surface area (Å²) < 4.78 is 0. The van der Waals surface area contributed by atoms with Crippen molar-refractivity contribution in [3.05, 3.63) is 47.7 Å². The Morgan fingerprint density at radius 1 is 1.06 bits per heavy atom. The molecule has 1 aromatic rings. The van der Waals surface area contributed by atoms with Gasteiger partial charge in [-0.3, -0.25) is 9.59 Å². The summed E-state index contributed by atoms with van der Waals surface area (Å²) in [5, 5.41) is 8.78. The van der Waals surface area contributed by atoms with Gasteiger partial charge in [-0.2, -0.15) is 0 Å². The normalized spacial score (nSPS) is 19.8. The van der Waals surface area contributed by atoms with Crippen LogP contribution < -0.4 is 0 Å². The van der Waals surface area contributed by atoms with Crippen LogP contribution in [0.2, 0.25) is 0 Å². The Hall–Kier alpha value is -0.264. The van der Waals surface area contributed by atoms with Gasteiger partial charge >= 0.3 is 51.4 Å². The Kier molecular flexibility index (Phi) is 5.75.